The lowest BCUT2D eigenvalue weighted by Gasteiger charge is -2.28. The Hall–Kier alpha value is -0.930. The Kier molecular flexibility index (Phi) is 5.95. The number of nitrogens with one attached hydrogen (secondary N) is 1. The molecule has 0 aromatic carbocycles. The second-order valence-electron chi connectivity index (χ2n) is 3.76. The minimum atomic E-state index is -1.52. The maximum Gasteiger partial charge on any atom is 0.272 e. The van der Waals surface area contributed by atoms with Gasteiger partial charge in [0.2, 0.25) is 0 Å². The first-order valence-electron chi connectivity index (χ1n) is 5.23. The van der Waals surface area contributed by atoms with Crippen molar-refractivity contribution < 1.29 is 20.1 Å². The predicted molar refractivity (Wildman–Crippen MR) is 70.3 cm³/mol. The van der Waals surface area contributed by atoms with Crippen molar-refractivity contribution in [1.29, 1.82) is 0 Å². The van der Waals surface area contributed by atoms with Crippen molar-refractivity contribution in [3.8, 4) is 0 Å². The lowest BCUT2D eigenvalue weighted by Crippen LogP contribution is -2.57. The third-order valence-electron chi connectivity index (χ3n) is 2.41. The first-order chi connectivity index (χ1) is 9.01. The summed E-state index contributed by atoms with van der Waals surface area (Å²) in [6.07, 6.45) is 3.03. The minimum absolute atomic E-state index is 0.0398. The van der Waals surface area contributed by atoms with Crippen LogP contribution in [0.1, 0.15) is 10.5 Å². The summed E-state index contributed by atoms with van der Waals surface area (Å²) >= 11 is 7.06. The highest BCUT2D eigenvalue weighted by Gasteiger charge is 2.31. The number of rotatable bonds is 6. The Balaban J connectivity index is 3.00. The summed E-state index contributed by atoms with van der Waals surface area (Å²) in [5, 5.41) is 30.1. The molecule has 0 unspecified atom stereocenters. The molecule has 0 aliphatic carbocycles. The molecule has 0 bridgehead atoms. The molecule has 4 N–H and O–H groups in total. The number of amides is 1. The van der Waals surface area contributed by atoms with Gasteiger partial charge in [0.05, 0.1) is 31.0 Å². The molecule has 7 nitrogen and oxygen atoms in total. The van der Waals surface area contributed by atoms with Gasteiger partial charge in [0.1, 0.15) is 5.54 Å². The summed E-state index contributed by atoms with van der Waals surface area (Å²) in [7, 11) is 0. The van der Waals surface area contributed by atoms with E-state index in [1.807, 2.05) is 0 Å². The molecule has 0 radical (unpaired) electrons. The molecule has 0 spiro atoms. The third-order valence-corrected chi connectivity index (χ3v) is 3.24. The molecule has 106 valence electrons. The molecule has 1 aromatic rings. The second-order valence-corrected chi connectivity index (χ2v) is 4.94. The van der Waals surface area contributed by atoms with Gasteiger partial charge in [-0.1, -0.05) is 23.4 Å². The molecule has 9 heteroatoms. The van der Waals surface area contributed by atoms with E-state index in [9.17, 15) is 4.79 Å². The highest BCUT2D eigenvalue weighted by Crippen LogP contribution is 2.17. The molecule has 0 aliphatic rings. The van der Waals surface area contributed by atoms with Crippen molar-refractivity contribution in [1.82, 2.24) is 15.3 Å². The van der Waals surface area contributed by atoms with Gasteiger partial charge in [-0.3, -0.25) is 4.79 Å². The molecule has 1 rings (SSSR count). The molecule has 1 amide bonds. The van der Waals surface area contributed by atoms with Crippen molar-refractivity contribution in [2.75, 3.05) is 26.1 Å². The van der Waals surface area contributed by atoms with Crippen molar-refractivity contribution in [2.45, 2.75) is 10.7 Å². The lowest BCUT2D eigenvalue weighted by molar-refractivity contribution is 0.0373. The van der Waals surface area contributed by atoms with Crippen LogP contribution in [0.15, 0.2) is 11.4 Å². The van der Waals surface area contributed by atoms with Crippen LogP contribution in [0.25, 0.3) is 0 Å². The van der Waals surface area contributed by atoms with Crippen molar-refractivity contribution in [3.63, 3.8) is 0 Å². The van der Waals surface area contributed by atoms with Gasteiger partial charge < -0.3 is 20.6 Å². The highest BCUT2D eigenvalue weighted by molar-refractivity contribution is 7.98. The minimum Gasteiger partial charge on any atom is -0.394 e. The van der Waals surface area contributed by atoms with Gasteiger partial charge in [0, 0.05) is 0 Å². The zero-order valence-corrected chi connectivity index (χ0v) is 11.7. The summed E-state index contributed by atoms with van der Waals surface area (Å²) in [4.78, 5) is 19.8. The quantitative estimate of drug-likeness (QED) is 0.405. The molecule has 1 aromatic heterocycles. The molecular weight excluding hydrogens is 294 g/mol. The van der Waals surface area contributed by atoms with E-state index < -0.39 is 31.3 Å². The summed E-state index contributed by atoms with van der Waals surface area (Å²) < 4.78 is 0. The molecular formula is C10H14ClN3O4S. The number of aromatic nitrogens is 2. The van der Waals surface area contributed by atoms with E-state index in [2.05, 4.69) is 15.3 Å². The number of aliphatic hydroxyl groups is 3. The zero-order valence-electron chi connectivity index (χ0n) is 10.1. The smallest absolute Gasteiger partial charge is 0.272 e. The Morgan fingerprint density at radius 3 is 2.47 bits per heavy atom. The van der Waals surface area contributed by atoms with E-state index in [4.69, 9.17) is 26.9 Å². The van der Waals surface area contributed by atoms with Gasteiger partial charge in [0.25, 0.3) is 5.91 Å². The molecule has 0 saturated carbocycles. The van der Waals surface area contributed by atoms with Gasteiger partial charge in [0.15, 0.2) is 10.9 Å². The van der Waals surface area contributed by atoms with Crippen LogP contribution in [0.3, 0.4) is 0 Å². The molecule has 0 aliphatic heterocycles. The fraction of sp³-hybridized carbons (Fsp3) is 0.500. The van der Waals surface area contributed by atoms with Gasteiger partial charge in [-0.25, -0.2) is 9.97 Å². The summed E-state index contributed by atoms with van der Waals surface area (Å²) in [6, 6.07) is 0. The predicted octanol–water partition coefficient (Wildman–Crippen LogP) is -0.703. The number of aliphatic hydroxyl groups excluding tert-OH is 3. The number of halogens is 1. The largest absolute Gasteiger partial charge is 0.394 e. The number of thioether (sulfide) groups is 1. The zero-order chi connectivity index (χ0) is 14.5. The fourth-order valence-electron chi connectivity index (χ4n) is 1.18. The number of carbonyl (C=O) groups excluding carboxylic acids is 1. The van der Waals surface area contributed by atoms with E-state index in [1.165, 1.54) is 18.0 Å². The standard InChI is InChI=1S/C10H14ClN3O4S/c1-19-9-12-2-6(11)7(13-9)8(18)14-10(3-15,4-16)5-17/h2,15-17H,3-5H2,1H3,(H,14,18). The average molecular weight is 308 g/mol. The maximum absolute atomic E-state index is 12.0. The maximum atomic E-state index is 12.0. The van der Waals surface area contributed by atoms with Gasteiger partial charge in [-0.2, -0.15) is 0 Å². The summed E-state index contributed by atoms with van der Waals surface area (Å²) in [5.74, 6) is -0.708. The van der Waals surface area contributed by atoms with Crippen molar-refractivity contribution in [3.05, 3.63) is 16.9 Å². The highest BCUT2D eigenvalue weighted by atomic mass is 35.5. The molecule has 0 atom stereocenters. The molecule has 0 saturated heterocycles. The van der Waals surface area contributed by atoms with Crippen molar-refractivity contribution >= 4 is 29.3 Å². The van der Waals surface area contributed by atoms with E-state index in [0.717, 1.165) is 0 Å². The van der Waals surface area contributed by atoms with Crippen LogP contribution in [0.2, 0.25) is 5.02 Å². The van der Waals surface area contributed by atoms with Crippen LogP contribution in [-0.2, 0) is 0 Å². The van der Waals surface area contributed by atoms with Crippen LogP contribution < -0.4 is 5.32 Å². The van der Waals surface area contributed by atoms with Crippen molar-refractivity contribution in [2.24, 2.45) is 0 Å². The SMILES string of the molecule is CSc1ncc(Cl)c(C(=O)NC(CO)(CO)CO)n1. The molecule has 0 fully saturated rings. The van der Waals surface area contributed by atoms with E-state index in [0.29, 0.717) is 5.16 Å². The Morgan fingerprint density at radius 1 is 1.42 bits per heavy atom. The number of carbonyl (C=O) groups is 1. The van der Waals surface area contributed by atoms with Crippen LogP contribution in [-0.4, -0.2) is 62.8 Å². The monoisotopic (exact) mass is 307 g/mol. The molecule has 1 heterocycles. The average Bonchev–Trinajstić information content (AvgIpc) is 2.45. The van der Waals surface area contributed by atoms with Gasteiger partial charge in [-0.15, -0.1) is 0 Å². The Labute approximate surface area is 119 Å². The van der Waals surface area contributed by atoms with Gasteiger partial charge in [-0.05, 0) is 6.26 Å². The topological polar surface area (TPSA) is 116 Å². The van der Waals surface area contributed by atoms with Crippen LogP contribution >= 0.6 is 23.4 Å². The van der Waals surface area contributed by atoms with Crippen LogP contribution in [0.5, 0.6) is 0 Å². The second kappa shape index (κ2) is 7.01. The first-order valence-corrected chi connectivity index (χ1v) is 6.84. The lowest BCUT2D eigenvalue weighted by atomic mass is 10.0. The van der Waals surface area contributed by atoms with E-state index >= 15 is 0 Å². The third kappa shape index (κ3) is 3.77. The van der Waals surface area contributed by atoms with E-state index in [1.54, 1.807) is 6.26 Å². The first kappa shape index (κ1) is 16.1. The number of nitrogens with zero attached hydrogens (tertiary/aromatic N) is 2. The van der Waals surface area contributed by atoms with Gasteiger partial charge >= 0.3 is 0 Å². The fourth-order valence-corrected chi connectivity index (χ4v) is 1.69. The molecule has 19 heavy (non-hydrogen) atoms. The normalized spacial score (nSPS) is 11.4. The number of hydrogen-bond donors (Lipinski definition) is 4. The van der Waals surface area contributed by atoms with E-state index in [-0.39, 0.29) is 10.7 Å². The van der Waals surface area contributed by atoms with Crippen LogP contribution in [0, 0.1) is 0 Å². The summed E-state index contributed by atoms with van der Waals surface area (Å²) in [6.45, 7) is -1.86. The summed E-state index contributed by atoms with van der Waals surface area (Å²) in [5.41, 5.74) is -1.61. The Morgan fingerprint density at radius 2 is 2.00 bits per heavy atom. The number of hydrogen-bond acceptors (Lipinski definition) is 7. The van der Waals surface area contributed by atoms with Crippen LogP contribution in [0.4, 0.5) is 0 Å². The Bertz CT molecular complexity index is 448.